The van der Waals surface area contributed by atoms with E-state index in [9.17, 15) is 8.42 Å². The van der Waals surface area contributed by atoms with Crippen molar-refractivity contribution in [2.45, 2.75) is 4.90 Å². The van der Waals surface area contributed by atoms with E-state index in [1.807, 2.05) is 30.3 Å². The van der Waals surface area contributed by atoms with Gasteiger partial charge in [0.25, 0.3) is 0 Å². The average molecular weight is 299 g/mol. The highest BCUT2D eigenvalue weighted by Crippen LogP contribution is 2.17. The fraction of sp³-hybridized carbons (Fsp3) is 0.0667. The number of hydrogen-bond acceptors (Lipinski definition) is 4. The second-order valence-electron chi connectivity index (χ2n) is 4.65. The van der Waals surface area contributed by atoms with E-state index in [1.54, 1.807) is 30.5 Å². The molecule has 0 bridgehead atoms. The molecule has 0 saturated carbocycles. The molecule has 0 spiro atoms. The van der Waals surface area contributed by atoms with Crippen molar-refractivity contribution in [2.24, 2.45) is 0 Å². The van der Waals surface area contributed by atoms with Crippen LogP contribution in [0.1, 0.15) is 0 Å². The van der Waals surface area contributed by atoms with E-state index in [0.717, 1.165) is 11.3 Å². The van der Waals surface area contributed by atoms with Crippen LogP contribution in [0.4, 0.5) is 0 Å². The maximum Gasteiger partial charge on any atom is 0.175 e. The molecule has 0 aliphatic heterocycles. The molecular weight excluding hydrogens is 286 g/mol. The van der Waals surface area contributed by atoms with Crippen LogP contribution in [0.15, 0.2) is 65.7 Å². The van der Waals surface area contributed by atoms with Crippen molar-refractivity contribution in [1.29, 1.82) is 0 Å². The molecule has 0 radical (unpaired) electrons. The van der Waals surface area contributed by atoms with Gasteiger partial charge in [0.05, 0.1) is 16.8 Å². The first kappa shape index (κ1) is 13.5. The quantitative estimate of drug-likeness (QED) is 0.744. The third-order valence-corrected chi connectivity index (χ3v) is 4.19. The van der Waals surface area contributed by atoms with Gasteiger partial charge in [-0.2, -0.15) is 9.90 Å². The number of benzene rings is 2. The molecule has 0 N–H and O–H groups in total. The van der Waals surface area contributed by atoms with E-state index in [2.05, 4.69) is 10.2 Å². The first-order valence-corrected chi connectivity index (χ1v) is 8.21. The molecule has 21 heavy (non-hydrogen) atoms. The monoisotopic (exact) mass is 299 g/mol. The summed E-state index contributed by atoms with van der Waals surface area (Å²) < 4.78 is 22.9. The van der Waals surface area contributed by atoms with Crippen LogP contribution in [0.5, 0.6) is 0 Å². The summed E-state index contributed by atoms with van der Waals surface area (Å²) in [5.74, 6) is 0. The number of nitrogens with zero attached hydrogens (tertiary/aromatic N) is 3. The van der Waals surface area contributed by atoms with Crippen LogP contribution in [0, 0.1) is 0 Å². The summed E-state index contributed by atoms with van der Waals surface area (Å²) in [4.78, 5) is 1.76. The van der Waals surface area contributed by atoms with Crippen LogP contribution < -0.4 is 0 Å². The Labute approximate surface area is 122 Å². The van der Waals surface area contributed by atoms with Crippen molar-refractivity contribution in [3.8, 4) is 16.9 Å². The van der Waals surface area contributed by atoms with Crippen LogP contribution in [-0.2, 0) is 9.84 Å². The third-order valence-electron chi connectivity index (χ3n) is 3.06. The van der Waals surface area contributed by atoms with Gasteiger partial charge in [-0.15, -0.1) is 5.10 Å². The lowest BCUT2D eigenvalue weighted by Crippen LogP contribution is -2.01. The summed E-state index contributed by atoms with van der Waals surface area (Å²) in [6, 6.07) is 16.2. The molecule has 2 aromatic carbocycles. The smallest absolute Gasteiger partial charge is 0.175 e. The largest absolute Gasteiger partial charge is 0.224 e. The molecule has 0 atom stereocenters. The molecule has 1 aromatic heterocycles. The first-order chi connectivity index (χ1) is 10.0. The lowest BCUT2D eigenvalue weighted by atomic mass is 10.2. The highest BCUT2D eigenvalue weighted by atomic mass is 32.2. The van der Waals surface area contributed by atoms with Gasteiger partial charge in [-0.3, -0.25) is 0 Å². The summed E-state index contributed by atoms with van der Waals surface area (Å²) in [6.45, 7) is 0. The Morgan fingerprint density at radius 1 is 0.952 bits per heavy atom. The molecule has 3 aromatic rings. The van der Waals surface area contributed by atoms with Crippen molar-refractivity contribution < 1.29 is 8.42 Å². The van der Waals surface area contributed by atoms with Crippen LogP contribution in [0.25, 0.3) is 16.9 Å². The van der Waals surface area contributed by atoms with Crippen LogP contribution >= 0.6 is 0 Å². The summed E-state index contributed by atoms with van der Waals surface area (Å²) in [5, 5.41) is 8.61. The highest BCUT2D eigenvalue weighted by Gasteiger charge is 2.08. The van der Waals surface area contributed by atoms with Gasteiger partial charge in [-0.05, 0) is 24.3 Å². The number of sulfone groups is 1. The zero-order valence-electron chi connectivity index (χ0n) is 11.3. The molecule has 0 amide bonds. The Hall–Kier alpha value is -2.47. The zero-order chi connectivity index (χ0) is 14.9. The Balaban J connectivity index is 1.94. The molecule has 0 aliphatic carbocycles. The lowest BCUT2D eigenvalue weighted by Gasteiger charge is -2.01. The minimum atomic E-state index is -3.19. The van der Waals surface area contributed by atoms with Gasteiger partial charge < -0.3 is 0 Å². The fourth-order valence-corrected chi connectivity index (χ4v) is 2.59. The molecular formula is C15H13N3O2S. The molecule has 6 heteroatoms. The van der Waals surface area contributed by atoms with Gasteiger partial charge >= 0.3 is 0 Å². The predicted molar refractivity (Wildman–Crippen MR) is 79.9 cm³/mol. The van der Waals surface area contributed by atoms with Crippen molar-refractivity contribution in [2.75, 3.05) is 6.26 Å². The summed E-state index contributed by atoms with van der Waals surface area (Å²) >= 11 is 0. The van der Waals surface area contributed by atoms with E-state index in [4.69, 9.17) is 0 Å². The average Bonchev–Trinajstić information content (AvgIpc) is 2.97. The van der Waals surface area contributed by atoms with Crippen LogP contribution in [0.2, 0.25) is 0 Å². The third kappa shape index (κ3) is 2.85. The number of aromatic nitrogens is 3. The molecule has 106 valence electrons. The summed E-state index contributed by atoms with van der Waals surface area (Å²) in [6.07, 6.45) is 2.86. The Morgan fingerprint density at radius 3 is 2.24 bits per heavy atom. The van der Waals surface area contributed by atoms with Crippen molar-refractivity contribution >= 4 is 9.84 Å². The van der Waals surface area contributed by atoms with Crippen molar-refractivity contribution in [3.63, 3.8) is 0 Å². The normalized spacial score (nSPS) is 11.5. The standard InChI is InChI=1S/C15H13N3O2S/c1-21(19,20)14-9-7-13(8-10-14)18-16-11-15(17-18)12-5-3-2-4-6-12/h2-11H,1H3. The van der Waals surface area contributed by atoms with E-state index < -0.39 is 9.84 Å². The molecule has 3 rings (SSSR count). The molecule has 0 saturated heterocycles. The minimum Gasteiger partial charge on any atom is -0.224 e. The number of hydrogen-bond donors (Lipinski definition) is 0. The topological polar surface area (TPSA) is 64.8 Å². The predicted octanol–water partition coefficient (Wildman–Crippen LogP) is 2.34. The van der Waals surface area contributed by atoms with Gasteiger partial charge in [0, 0.05) is 11.8 Å². The SMILES string of the molecule is CS(=O)(=O)c1ccc(-n2ncc(-c3ccccc3)n2)cc1. The molecule has 0 unspecified atom stereocenters. The second kappa shape index (κ2) is 5.14. The zero-order valence-corrected chi connectivity index (χ0v) is 12.2. The maximum absolute atomic E-state index is 11.4. The number of rotatable bonds is 3. The summed E-state index contributed by atoms with van der Waals surface area (Å²) in [5.41, 5.74) is 2.46. The molecule has 0 fully saturated rings. The van der Waals surface area contributed by atoms with E-state index in [0.29, 0.717) is 5.69 Å². The van der Waals surface area contributed by atoms with Crippen LogP contribution in [0.3, 0.4) is 0 Å². The minimum absolute atomic E-state index is 0.279. The van der Waals surface area contributed by atoms with E-state index in [-0.39, 0.29) is 4.90 Å². The van der Waals surface area contributed by atoms with Gasteiger partial charge in [-0.1, -0.05) is 30.3 Å². The van der Waals surface area contributed by atoms with E-state index >= 15 is 0 Å². The van der Waals surface area contributed by atoms with Gasteiger partial charge in [-0.25, -0.2) is 8.42 Å². The second-order valence-corrected chi connectivity index (χ2v) is 6.67. The lowest BCUT2D eigenvalue weighted by molar-refractivity contribution is 0.602. The molecule has 1 heterocycles. The van der Waals surface area contributed by atoms with Crippen molar-refractivity contribution in [1.82, 2.24) is 15.0 Å². The van der Waals surface area contributed by atoms with Gasteiger partial charge in [0.15, 0.2) is 9.84 Å². The molecule has 5 nitrogen and oxygen atoms in total. The first-order valence-electron chi connectivity index (χ1n) is 6.32. The maximum atomic E-state index is 11.4. The Kier molecular flexibility index (Phi) is 3.31. The van der Waals surface area contributed by atoms with Gasteiger partial charge in [0.1, 0.15) is 5.69 Å². The molecule has 0 aliphatic rings. The Bertz CT molecular complexity index is 853. The van der Waals surface area contributed by atoms with E-state index in [1.165, 1.54) is 11.1 Å². The van der Waals surface area contributed by atoms with Crippen LogP contribution in [-0.4, -0.2) is 29.7 Å². The Morgan fingerprint density at radius 2 is 1.62 bits per heavy atom. The van der Waals surface area contributed by atoms with Gasteiger partial charge in [0.2, 0.25) is 0 Å². The summed E-state index contributed by atoms with van der Waals surface area (Å²) in [7, 11) is -3.19. The highest BCUT2D eigenvalue weighted by molar-refractivity contribution is 7.90. The van der Waals surface area contributed by atoms with Crippen molar-refractivity contribution in [3.05, 3.63) is 60.8 Å². The fourth-order valence-electron chi connectivity index (χ4n) is 1.96.